The molecule has 0 unspecified atom stereocenters. The van der Waals surface area contributed by atoms with Gasteiger partial charge in [-0.05, 0) is 38.3 Å². The van der Waals surface area contributed by atoms with Crippen molar-refractivity contribution in [3.63, 3.8) is 0 Å². The van der Waals surface area contributed by atoms with Crippen LogP contribution in [0.15, 0.2) is 30.3 Å². The van der Waals surface area contributed by atoms with Crippen LogP contribution in [-0.2, 0) is 14.3 Å². The molecular formula is C19H25NO3. The van der Waals surface area contributed by atoms with Crippen LogP contribution in [0.3, 0.4) is 0 Å². The molecule has 0 saturated heterocycles. The molecule has 0 aliphatic heterocycles. The fourth-order valence-electron chi connectivity index (χ4n) is 2.93. The highest BCUT2D eigenvalue weighted by Gasteiger charge is 2.41. The Kier molecular flexibility index (Phi) is 5.97. The number of hydrogen-bond donors (Lipinski definition) is 1. The number of hydrogen-bond acceptors (Lipinski definition) is 3. The summed E-state index contributed by atoms with van der Waals surface area (Å²) in [7, 11) is 0. The maximum absolute atomic E-state index is 12.3. The molecule has 0 spiro atoms. The van der Waals surface area contributed by atoms with Crippen LogP contribution in [0.5, 0.6) is 0 Å². The first-order valence-corrected chi connectivity index (χ1v) is 8.30. The molecular weight excluding hydrogens is 290 g/mol. The number of aryl methyl sites for hydroxylation is 1. The Morgan fingerprint density at radius 1 is 1.17 bits per heavy atom. The molecule has 0 aromatic heterocycles. The van der Waals surface area contributed by atoms with Gasteiger partial charge in [0.1, 0.15) is 5.54 Å². The van der Waals surface area contributed by atoms with Crippen molar-refractivity contribution in [2.45, 2.75) is 51.5 Å². The molecule has 1 aromatic carbocycles. The zero-order valence-corrected chi connectivity index (χ0v) is 13.9. The Bertz CT molecular complexity index is 569. The van der Waals surface area contributed by atoms with Gasteiger partial charge in [0.25, 0.3) is 0 Å². The first kappa shape index (κ1) is 17.3. The van der Waals surface area contributed by atoms with E-state index < -0.39 is 5.54 Å². The lowest BCUT2D eigenvalue weighted by molar-refractivity contribution is -0.154. The summed E-state index contributed by atoms with van der Waals surface area (Å²) in [4.78, 5) is 24.6. The molecule has 1 N–H and O–H groups in total. The number of rotatable bonds is 5. The topological polar surface area (TPSA) is 55.4 Å². The van der Waals surface area contributed by atoms with Gasteiger partial charge in [0, 0.05) is 6.08 Å². The lowest BCUT2D eigenvalue weighted by Crippen LogP contribution is -2.56. The van der Waals surface area contributed by atoms with E-state index >= 15 is 0 Å². The van der Waals surface area contributed by atoms with Crippen LogP contribution in [0.1, 0.15) is 50.2 Å². The highest BCUT2D eigenvalue weighted by molar-refractivity contribution is 5.96. The number of ether oxygens (including phenoxy) is 1. The molecule has 23 heavy (non-hydrogen) atoms. The molecule has 4 nitrogen and oxygen atoms in total. The minimum Gasteiger partial charge on any atom is -0.464 e. The summed E-state index contributed by atoms with van der Waals surface area (Å²) in [6.07, 6.45) is 7.50. The van der Waals surface area contributed by atoms with Crippen molar-refractivity contribution in [2.75, 3.05) is 6.61 Å². The molecule has 2 rings (SSSR count). The average molecular weight is 315 g/mol. The zero-order valence-electron chi connectivity index (χ0n) is 13.9. The lowest BCUT2D eigenvalue weighted by Gasteiger charge is -2.35. The standard InChI is InChI=1S/C19H25NO3/c1-3-23-18(22)19(13-5-4-6-14-19)20-17(21)12-11-16-9-7-15(2)8-10-16/h7-12H,3-6,13-14H2,1-2H3,(H,20,21)/b12-11+. The summed E-state index contributed by atoms with van der Waals surface area (Å²) >= 11 is 0. The second kappa shape index (κ2) is 7.95. The smallest absolute Gasteiger partial charge is 0.331 e. The predicted molar refractivity (Wildman–Crippen MR) is 90.8 cm³/mol. The van der Waals surface area contributed by atoms with Gasteiger partial charge in [-0.1, -0.05) is 49.1 Å². The van der Waals surface area contributed by atoms with Crippen LogP contribution >= 0.6 is 0 Å². The Hall–Kier alpha value is -2.10. The molecule has 1 amide bonds. The Balaban J connectivity index is 2.05. The van der Waals surface area contributed by atoms with Crippen LogP contribution in [0, 0.1) is 6.92 Å². The van der Waals surface area contributed by atoms with Gasteiger partial charge in [-0.25, -0.2) is 4.79 Å². The van der Waals surface area contributed by atoms with Gasteiger partial charge in [0.2, 0.25) is 5.91 Å². The van der Waals surface area contributed by atoms with E-state index in [9.17, 15) is 9.59 Å². The van der Waals surface area contributed by atoms with Gasteiger partial charge in [0.15, 0.2) is 0 Å². The number of carbonyl (C=O) groups excluding carboxylic acids is 2. The normalized spacial score (nSPS) is 17.0. The van der Waals surface area contributed by atoms with Crippen molar-refractivity contribution in [3.8, 4) is 0 Å². The number of benzene rings is 1. The second-order valence-corrected chi connectivity index (χ2v) is 6.10. The van der Waals surface area contributed by atoms with Crippen LogP contribution in [0.4, 0.5) is 0 Å². The largest absolute Gasteiger partial charge is 0.464 e. The number of amides is 1. The maximum Gasteiger partial charge on any atom is 0.331 e. The molecule has 1 saturated carbocycles. The number of carbonyl (C=O) groups is 2. The zero-order chi connectivity index (χ0) is 16.7. The summed E-state index contributed by atoms with van der Waals surface area (Å²) < 4.78 is 5.18. The van der Waals surface area contributed by atoms with Crippen molar-refractivity contribution < 1.29 is 14.3 Å². The highest BCUT2D eigenvalue weighted by atomic mass is 16.5. The summed E-state index contributed by atoms with van der Waals surface area (Å²) in [5.74, 6) is -0.558. The van der Waals surface area contributed by atoms with Crippen LogP contribution in [-0.4, -0.2) is 24.0 Å². The van der Waals surface area contributed by atoms with Gasteiger partial charge in [-0.15, -0.1) is 0 Å². The van der Waals surface area contributed by atoms with E-state index in [1.165, 1.54) is 11.6 Å². The summed E-state index contributed by atoms with van der Waals surface area (Å²) in [6.45, 7) is 4.13. The Morgan fingerprint density at radius 2 is 1.83 bits per heavy atom. The van der Waals surface area contributed by atoms with E-state index in [1.54, 1.807) is 13.0 Å². The first-order chi connectivity index (χ1) is 11.1. The molecule has 1 aromatic rings. The van der Waals surface area contributed by atoms with Gasteiger partial charge in [0.05, 0.1) is 6.61 Å². The summed E-state index contributed by atoms with van der Waals surface area (Å²) in [5.41, 5.74) is 1.28. The van der Waals surface area contributed by atoms with E-state index in [1.807, 2.05) is 31.2 Å². The van der Waals surface area contributed by atoms with Gasteiger partial charge < -0.3 is 10.1 Å². The fourth-order valence-corrected chi connectivity index (χ4v) is 2.93. The first-order valence-electron chi connectivity index (χ1n) is 8.30. The molecule has 0 bridgehead atoms. The summed E-state index contributed by atoms with van der Waals surface area (Å²) in [6, 6.07) is 7.92. The molecule has 1 fully saturated rings. The second-order valence-electron chi connectivity index (χ2n) is 6.10. The van der Waals surface area contributed by atoms with E-state index in [2.05, 4.69) is 5.32 Å². The number of esters is 1. The third-order valence-electron chi connectivity index (χ3n) is 4.24. The minimum absolute atomic E-state index is 0.250. The molecule has 1 aliphatic carbocycles. The SMILES string of the molecule is CCOC(=O)C1(NC(=O)/C=C/c2ccc(C)cc2)CCCCC1. The van der Waals surface area contributed by atoms with Crippen molar-refractivity contribution >= 4 is 18.0 Å². The van der Waals surface area contributed by atoms with Crippen LogP contribution < -0.4 is 5.32 Å². The molecule has 0 atom stereocenters. The van der Waals surface area contributed by atoms with Gasteiger partial charge >= 0.3 is 5.97 Å². The average Bonchev–Trinajstić information content (AvgIpc) is 2.55. The maximum atomic E-state index is 12.3. The van der Waals surface area contributed by atoms with Crippen LogP contribution in [0.2, 0.25) is 0 Å². The van der Waals surface area contributed by atoms with E-state index in [0.717, 1.165) is 24.8 Å². The van der Waals surface area contributed by atoms with E-state index in [0.29, 0.717) is 19.4 Å². The van der Waals surface area contributed by atoms with Crippen molar-refractivity contribution in [1.82, 2.24) is 5.32 Å². The van der Waals surface area contributed by atoms with Crippen molar-refractivity contribution in [1.29, 1.82) is 0 Å². The minimum atomic E-state index is -0.858. The lowest BCUT2D eigenvalue weighted by atomic mass is 9.81. The monoisotopic (exact) mass is 315 g/mol. The quantitative estimate of drug-likeness (QED) is 0.669. The fraction of sp³-hybridized carbons (Fsp3) is 0.474. The Morgan fingerprint density at radius 3 is 2.43 bits per heavy atom. The molecule has 0 radical (unpaired) electrons. The van der Waals surface area contributed by atoms with Gasteiger partial charge in [-0.2, -0.15) is 0 Å². The van der Waals surface area contributed by atoms with Crippen molar-refractivity contribution in [3.05, 3.63) is 41.5 Å². The Labute approximate surface area is 137 Å². The third-order valence-corrected chi connectivity index (χ3v) is 4.24. The molecule has 0 heterocycles. The molecule has 124 valence electrons. The third kappa shape index (κ3) is 4.68. The van der Waals surface area contributed by atoms with Gasteiger partial charge in [-0.3, -0.25) is 4.79 Å². The van der Waals surface area contributed by atoms with Crippen molar-refractivity contribution in [2.24, 2.45) is 0 Å². The van der Waals surface area contributed by atoms with E-state index in [-0.39, 0.29) is 11.9 Å². The molecule has 4 heteroatoms. The van der Waals surface area contributed by atoms with E-state index in [4.69, 9.17) is 4.74 Å². The predicted octanol–water partition coefficient (Wildman–Crippen LogP) is 3.39. The molecule has 1 aliphatic rings. The van der Waals surface area contributed by atoms with Crippen LogP contribution in [0.25, 0.3) is 6.08 Å². The number of nitrogens with one attached hydrogen (secondary N) is 1. The summed E-state index contributed by atoms with van der Waals surface area (Å²) in [5, 5.41) is 2.90. The highest BCUT2D eigenvalue weighted by Crippen LogP contribution is 2.29.